The predicted molar refractivity (Wildman–Crippen MR) is 65.0 cm³/mol. The third-order valence-electron chi connectivity index (χ3n) is 3.23. The molecule has 0 bridgehead atoms. The zero-order valence-electron chi connectivity index (χ0n) is 11.2. The van der Waals surface area contributed by atoms with Crippen LogP contribution in [-0.2, 0) is 14.2 Å². The topological polar surface area (TPSA) is 43.3 Å². The first kappa shape index (κ1) is 12.6. The van der Waals surface area contributed by atoms with Crippen molar-refractivity contribution in [3.63, 3.8) is 0 Å². The number of ether oxygens (including phenoxy) is 3. The lowest BCUT2D eigenvalue weighted by Gasteiger charge is -2.37. The molecule has 0 aromatic rings. The van der Waals surface area contributed by atoms with Crippen molar-refractivity contribution in [2.75, 3.05) is 14.1 Å². The minimum atomic E-state index is -0.301. The molecule has 0 radical (unpaired) electrons. The highest BCUT2D eigenvalue weighted by atomic mass is 16.7. The molecule has 2 saturated heterocycles. The van der Waals surface area contributed by atoms with Crippen molar-refractivity contribution in [2.24, 2.45) is 4.99 Å². The summed E-state index contributed by atoms with van der Waals surface area (Å²) in [4.78, 5) is 6.22. The molecule has 2 heterocycles. The lowest BCUT2D eigenvalue weighted by Crippen LogP contribution is -2.50. The van der Waals surface area contributed by atoms with Crippen molar-refractivity contribution in [1.82, 2.24) is 4.90 Å². The molecule has 0 spiro atoms. The zero-order chi connectivity index (χ0) is 12.6. The summed E-state index contributed by atoms with van der Waals surface area (Å²) in [7, 11) is 3.75. The molecule has 0 saturated carbocycles. The average Bonchev–Trinajstić information content (AvgIpc) is 2.55. The maximum Gasteiger partial charge on any atom is 0.287 e. The quantitative estimate of drug-likeness (QED) is 0.730. The van der Waals surface area contributed by atoms with Gasteiger partial charge in [0.05, 0.1) is 18.2 Å². The van der Waals surface area contributed by atoms with Crippen LogP contribution < -0.4 is 0 Å². The number of amidine groups is 1. The molecule has 17 heavy (non-hydrogen) atoms. The predicted octanol–water partition coefficient (Wildman–Crippen LogP) is 1.23. The van der Waals surface area contributed by atoms with E-state index < -0.39 is 0 Å². The van der Waals surface area contributed by atoms with Crippen molar-refractivity contribution >= 4 is 6.02 Å². The van der Waals surface area contributed by atoms with Crippen LogP contribution in [0.5, 0.6) is 0 Å². The lowest BCUT2D eigenvalue weighted by atomic mass is 10.0. The van der Waals surface area contributed by atoms with Crippen LogP contribution in [0.1, 0.15) is 27.2 Å². The van der Waals surface area contributed by atoms with Gasteiger partial charge in [0.1, 0.15) is 0 Å². The van der Waals surface area contributed by atoms with E-state index in [2.05, 4.69) is 16.8 Å². The Morgan fingerprint density at radius 2 is 2.18 bits per heavy atom. The van der Waals surface area contributed by atoms with Crippen LogP contribution >= 0.6 is 0 Å². The molecule has 5 nitrogen and oxygen atoms in total. The van der Waals surface area contributed by atoms with Gasteiger partial charge < -0.3 is 19.1 Å². The molecule has 4 atom stereocenters. The molecule has 0 aromatic heterocycles. The van der Waals surface area contributed by atoms with Gasteiger partial charge >= 0.3 is 0 Å². The van der Waals surface area contributed by atoms with E-state index in [-0.39, 0.29) is 24.6 Å². The highest BCUT2D eigenvalue weighted by Gasteiger charge is 2.48. The summed E-state index contributed by atoms with van der Waals surface area (Å²) in [6, 6.07) is 0.969. The smallest absolute Gasteiger partial charge is 0.287 e. The summed E-state index contributed by atoms with van der Waals surface area (Å²) >= 11 is 0. The number of aliphatic imine (C=N–C) groups is 1. The Hall–Kier alpha value is -0.810. The van der Waals surface area contributed by atoms with Gasteiger partial charge in [0.15, 0.2) is 12.4 Å². The molecule has 0 amide bonds. The van der Waals surface area contributed by atoms with Crippen molar-refractivity contribution < 1.29 is 14.2 Å². The van der Waals surface area contributed by atoms with Crippen LogP contribution in [0.4, 0.5) is 0 Å². The average molecular weight is 242 g/mol. The van der Waals surface area contributed by atoms with Gasteiger partial charge in [-0.25, -0.2) is 4.99 Å². The van der Waals surface area contributed by atoms with Crippen LogP contribution in [0.2, 0.25) is 0 Å². The highest BCUT2D eigenvalue weighted by Crippen LogP contribution is 2.32. The van der Waals surface area contributed by atoms with Crippen molar-refractivity contribution in [2.45, 2.75) is 57.8 Å². The minimum Gasteiger partial charge on any atom is -0.454 e. The van der Waals surface area contributed by atoms with E-state index in [9.17, 15) is 0 Å². The van der Waals surface area contributed by atoms with Gasteiger partial charge in [-0.2, -0.15) is 0 Å². The summed E-state index contributed by atoms with van der Waals surface area (Å²) in [6.45, 7) is 6.08. The molecule has 0 N–H and O–H groups in total. The molecule has 2 aliphatic heterocycles. The third-order valence-corrected chi connectivity index (χ3v) is 3.23. The molecule has 0 aromatic carbocycles. The summed E-state index contributed by atoms with van der Waals surface area (Å²) in [6.07, 6.45) is 0.880. The maximum atomic E-state index is 5.82. The Morgan fingerprint density at radius 3 is 2.76 bits per heavy atom. The van der Waals surface area contributed by atoms with Gasteiger partial charge in [0.25, 0.3) is 6.02 Å². The standard InChI is InChI=1S/C12H22N2O3/c1-7(2)15-11-10-9(6-8(3)16-11)14(5)12(13-4)17-10/h7-11H,6H2,1-5H3/b13-12+/t8?,9?,10-,11?/m1/s1. The SMILES string of the molecule is C/N=C1/O[C@H]2C(OC(C)C)OC(C)CC2N1C. The number of rotatable bonds is 2. The number of nitrogens with zero attached hydrogens (tertiary/aromatic N) is 2. The molecule has 3 unspecified atom stereocenters. The molecule has 5 heteroatoms. The van der Waals surface area contributed by atoms with Crippen LogP contribution in [0.25, 0.3) is 0 Å². The second-order valence-electron chi connectivity index (χ2n) is 5.00. The highest BCUT2D eigenvalue weighted by molar-refractivity contribution is 5.76. The first-order valence-electron chi connectivity index (χ1n) is 6.20. The zero-order valence-corrected chi connectivity index (χ0v) is 11.2. The molecule has 2 aliphatic rings. The Labute approximate surface area is 103 Å². The Bertz CT molecular complexity index is 304. The van der Waals surface area contributed by atoms with Crippen LogP contribution in [0.15, 0.2) is 4.99 Å². The normalized spacial score (nSPS) is 39.6. The van der Waals surface area contributed by atoms with Crippen LogP contribution in [0.3, 0.4) is 0 Å². The van der Waals surface area contributed by atoms with E-state index in [0.29, 0.717) is 12.1 Å². The summed E-state index contributed by atoms with van der Waals surface area (Å²) < 4.78 is 17.4. The fourth-order valence-electron chi connectivity index (χ4n) is 2.47. The molecule has 98 valence electrons. The summed E-state index contributed by atoms with van der Waals surface area (Å²) in [5.74, 6) is 0. The van der Waals surface area contributed by atoms with Crippen molar-refractivity contribution in [1.29, 1.82) is 0 Å². The Kier molecular flexibility index (Phi) is 3.58. The fraction of sp³-hybridized carbons (Fsp3) is 0.917. The fourth-order valence-corrected chi connectivity index (χ4v) is 2.47. The van der Waals surface area contributed by atoms with Gasteiger partial charge in [-0.3, -0.25) is 0 Å². The molecule has 2 rings (SSSR count). The lowest BCUT2D eigenvalue weighted by molar-refractivity contribution is -0.247. The third kappa shape index (κ3) is 2.40. The van der Waals surface area contributed by atoms with Crippen LogP contribution in [-0.4, -0.2) is 55.7 Å². The Balaban J connectivity index is 2.14. The number of likely N-dealkylation sites (N-methyl/N-ethyl adjacent to an activating group) is 1. The summed E-state index contributed by atoms with van der Waals surface area (Å²) in [5, 5.41) is 0. The first-order chi connectivity index (χ1) is 8.02. The molecule has 0 aliphatic carbocycles. The van der Waals surface area contributed by atoms with E-state index >= 15 is 0 Å². The number of hydrogen-bond acceptors (Lipinski definition) is 4. The largest absolute Gasteiger partial charge is 0.454 e. The van der Waals surface area contributed by atoms with E-state index in [4.69, 9.17) is 14.2 Å². The van der Waals surface area contributed by atoms with Gasteiger partial charge in [0.2, 0.25) is 0 Å². The Morgan fingerprint density at radius 1 is 1.47 bits per heavy atom. The van der Waals surface area contributed by atoms with Gasteiger partial charge in [-0.05, 0) is 27.2 Å². The number of fused-ring (bicyclic) bond motifs is 1. The van der Waals surface area contributed by atoms with Gasteiger partial charge in [0, 0.05) is 14.1 Å². The second kappa shape index (κ2) is 4.82. The minimum absolute atomic E-state index is 0.0719. The van der Waals surface area contributed by atoms with E-state index in [1.54, 1.807) is 7.05 Å². The molecule has 2 fully saturated rings. The van der Waals surface area contributed by atoms with Gasteiger partial charge in [-0.1, -0.05) is 0 Å². The maximum absolute atomic E-state index is 5.82. The number of hydrogen-bond donors (Lipinski definition) is 0. The second-order valence-corrected chi connectivity index (χ2v) is 5.00. The molecular weight excluding hydrogens is 220 g/mol. The van der Waals surface area contributed by atoms with Gasteiger partial charge in [-0.15, -0.1) is 0 Å². The first-order valence-corrected chi connectivity index (χ1v) is 6.20. The van der Waals surface area contributed by atoms with E-state index in [0.717, 1.165) is 6.42 Å². The van der Waals surface area contributed by atoms with Crippen molar-refractivity contribution in [3.8, 4) is 0 Å². The van der Waals surface area contributed by atoms with E-state index in [1.165, 1.54) is 0 Å². The van der Waals surface area contributed by atoms with Crippen LogP contribution in [0, 0.1) is 0 Å². The summed E-state index contributed by atoms with van der Waals surface area (Å²) in [5.41, 5.74) is 0. The monoisotopic (exact) mass is 242 g/mol. The van der Waals surface area contributed by atoms with Crippen molar-refractivity contribution in [3.05, 3.63) is 0 Å². The van der Waals surface area contributed by atoms with E-state index in [1.807, 2.05) is 20.9 Å². The molecular formula is C12H22N2O3.